The molecule has 0 aliphatic carbocycles. The molecule has 0 saturated heterocycles. The van der Waals surface area contributed by atoms with E-state index in [1.807, 2.05) is 0 Å². The Kier molecular flexibility index (Phi) is 3.27. The molecule has 0 aromatic carbocycles. The highest BCUT2D eigenvalue weighted by Crippen LogP contribution is 2.23. The van der Waals surface area contributed by atoms with Crippen molar-refractivity contribution in [1.29, 1.82) is 0 Å². The molecule has 0 aliphatic heterocycles. The van der Waals surface area contributed by atoms with Crippen molar-refractivity contribution in [3.63, 3.8) is 0 Å². The zero-order valence-electron chi connectivity index (χ0n) is 7.32. The Morgan fingerprint density at radius 3 is 2.85 bits per heavy atom. The Labute approximate surface area is 80.5 Å². The third-order valence-electron chi connectivity index (χ3n) is 1.60. The molecule has 0 aliphatic rings. The van der Waals surface area contributed by atoms with Crippen LogP contribution in [-0.2, 0) is 9.53 Å². The third-order valence-corrected chi connectivity index (χ3v) is 2.38. The second-order valence-corrected chi connectivity index (χ2v) is 3.26. The summed E-state index contributed by atoms with van der Waals surface area (Å²) in [4.78, 5) is 11.2. The minimum Gasteiger partial charge on any atom is -0.465 e. The van der Waals surface area contributed by atoms with Gasteiger partial charge in [-0.25, -0.2) is 4.79 Å². The summed E-state index contributed by atoms with van der Waals surface area (Å²) in [6, 6.07) is -0.758. The predicted octanol–water partition coefficient (Wildman–Crippen LogP) is 0.893. The standard InChI is InChI=1S/C8H12N2O2S/c1-2-12-8(11)7(10)5-3-13-4-6(5)9/h3-4,7H,2,9-10H2,1H3. The van der Waals surface area contributed by atoms with Gasteiger partial charge in [0.15, 0.2) is 0 Å². The molecule has 0 fully saturated rings. The van der Waals surface area contributed by atoms with Crippen LogP contribution in [0.15, 0.2) is 10.8 Å². The van der Waals surface area contributed by atoms with Crippen LogP contribution in [0.4, 0.5) is 5.69 Å². The van der Waals surface area contributed by atoms with Crippen LogP contribution in [0.2, 0.25) is 0 Å². The van der Waals surface area contributed by atoms with E-state index >= 15 is 0 Å². The van der Waals surface area contributed by atoms with E-state index in [0.717, 1.165) is 0 Å². The maximum atomic E-state index is 11.2. The van der Waals surface area contributed by atoms with Crippen LogP contribution in [0.25, 0.3) is 0 Å². The summed E-state index contributed by atoms with van der Waals surface area (Å²) in [5.74, 6) is -0.437. The average molecular weight is 200 g/mol. The van der Waals surface area contributed by atoms with Crippen LogP contribution in [0.1, 0.15) is 18.5 Å². The summed E-state index contributed by atoms with van der Waals surface area (Å²) < 4.78 is 4.77. The van der Waals surface area contributed by atoms with E-state index in [0.29, 0.717) is 17.9 Å². The first kappa shape index (κ1) is 10.0. The van der Waals surface area contributed by atoms with Crippen LogP contribution in [0.5, 0.6) is 0 Å². The fourth-order valence-corrected chi connectivity index (χ4v) is 1.71. The molecule has 0 radical (unpaired) electrons. The third kappa shape index (κ3) is 2.19. The van der Waals surface area contributed by atoms with Crippen LogP contribution in [-0.4, -0.2) is 12.6 Å². The molecule has 1 rings (SSSR count). The SMILES string of the molecule is CCOC(=O)C(N)c1cscc1N. The zero-order chi connectivity index (χ0) is 9.84. The molecule has 1 atom stereocenters. The minimum atomic E-state index is -0.758. The molecule has 4 nitrogen and oxygen atoms in total. The van der Waals surface area contributed by atoms with Crippen molar-refractivity contribution in [3.05, 3.63) is 16.3 Å². The van der Waals surface area contributed by atoms with Gasteiger partial charge in [-0.15, -0.1) is 11.3 Å². The topological polar surface area (TPSA) is 78.3 Å². The van der Waals surface area contributed by atoms with Gasteiger partial charge in [-0.2, -0.15) is 0 Å². The molecule has 72 valence electrons. The molecular weight excluding hydrogens is 188 g/mol. The number of rotatable bonds is 3. The number of nitrogen functional groups attached to an aromatic ring is 1. The van der Waals surface area contributed by atoms with E-state index < -0.39 is 12.0 Å². The molecular formula is C8H12N2O2S. The van der Waals surface area contributed by atoms with Crippen molar-refractivity contribution in [1.82, 2.24) is 0 Å². The molecule has 13 heavy (non-hydrogen) atoms. The van der Waals surface area contributed by atoms with E-state index in [9.17, 15) is 4.79 Å². The van der Waals surface area contributed by atoms with Crippen LogP contribution < -0.4 is 11.5 Å². The molecule has 0 amide bonds. The molecule has 4 N–H and O–H groups in total. The van der Waals surface area contributed by atoms with Gasteiger partial charge in [0.25, 0.3) is 0 Å². The molecule has 0 saturated carbocycles. The number of hydrogen-bond donors (Lipinski definition) is 2. The van der Waals surface area contributed by atoms with E-state index in [1.54, 1.807) is 17.7 Å². The summed E-state index contributed by atoms with van der Waals surface area (Å²) in [6.07, 6.45) is 0. The lowest BCUT2D eigenvalue weighted by Gasteiger charge is -2.09. The van der Waals surface area contributed by atoms with Crippen molar-refractivity contribution in [2.45, 2.75) is 13.0 Å². The first-order chi connectivity index (χ1) is 6.16. The summed E-state index contributed by atoms with van der Waals surface area (Å²) >= 11 is 1.42. The summed E-state index contributed by atoms with van der Waals surface area (Å²) in [5.41, 5.74) is 12.4. The van der Waals surface area contributed by atoms with Crippen LogP contribution in [0.3, 0.4) is 0 Å². The second-order valence-electron chi connectivity index (χ2n) is 2.51. The normalized spacial score (nSPS) is 12.5. The number of hydrogen-bond acceptors (Lipinski definition) is 5. The molecule has 0 bridgehead atoms. The molecule has 5 heteroatoms. The zero-order valence-corrected chi connectivity index (χ0v) is 8.14. The maximum Gasteiger partial charge on any atom is 0.327 e. The van der Waals surface area contributed by atoms with Gasteiger partial charge in [0.2, 0.25) is 0 Å². The fraction of sp³-hybridized carbons (Fsp3) is 0.375. The summed E-state index contributed by atoms with van der Waals surface area (Å²) in [7, 11) is 0. The van der Waals surface area contributed by atoms with Gasteiger partial charge in [-0.3, -0.25) is 0 Å². The highest BCUT2D eigenvalue weighted by Gasteiger charge is 2.19. The highest BCUT2D eigenvalue weighted by atomic mass is 32.1. The quantitative estimate of drug-likeness (QED) is 0.710. The number of anilines is 1. The number of ether oxygens (including phenoxy) is 1. The Morgan fingerprint density at radius 2 is 2.38 bits per heavy atom. The first-order valence-corrected chi connectivity index (χ1v) is 4.84. The Bertz CT molecular complexity index is 298. The molecule has 1 unspecified atom stereocenters. The monoisotopic (exact) mass is 200 g/mol. The lowest BCUT2D eigenvalue weighted by Crippen LogP contribution is -2.23. The van der Waals surface area contributed by atoms with E-state index in [2.05, 4.69) is 0 Å². The van der Waals surface area contributed by atoms with Crippen LogP contribution >= 0.6 is 11.3 Å². The average Bonchev–Trinajstić information content (AvgIpc) is 2.50. The van der Waals surface area contributed by atoms with Crippen molar-refractivity contribution < 1.29 is 9.53 Å². The number of nitrogens with two attached hydrogens (primary N) is 2. The predicted molar refractivity (Wildman–Crippen MR) is 52.3 cm³/mol. The lowest BCUT2D eigenvalue weighted by molar-refractivity contribution is -0.144. The molecule has 1 heterocycles. The van der Waals surface area contributed by atoms with E-state index in [1.165, 1.54) is 11.3 Å². The van der Waals surface area contributed by atoms with Gasteiger partial charge >= 0.3 is 5.97 Å². The second kappa shape index (κ2) is 4.25. The minimum absolute atomic E-state index is 0.330. The van der Waals surface area contributed by atoms with Gasteiger partial charge in [0.1, 0.15) is 6.04 Å². The van der Waals surface area contributed by atoms with Gasteiger partial charge in [0, 0.05) is 16.6 Å². The number of carbonyl (C=O) groups excluding carboxylic acids is 1. The maximum absolute atomic E-state index is 11.2. The molecule has 0 spiro atoms. The van der Waals surface area contributed by atoms with Crippen molar-refractivity contribution in [3.8, 4) is 0 Å². The largest absolute Gasteiger partial charge is 0.465 e. The van der Waals surface area contributed by atoms with Gasteiger partial charge in [-0.1, -0.05) is 0 Å². The Morgan fingerprint density at radius 1 is 1.69 bits per heavy atom. The lowest BCUT2D eigenvalue weighted by atomic mass is 10.1. The van der Waals surface area contributed by atoms with Gasteiger partial charge in [-0.05, 0) is 12.3 Å². The Balaban J connectivity index is 2.73. The van der Waals surface area contributed by atoms with E-state index in [4.69, 9.17) is 16.2 Å². The van der Waals surface area contributed by atoms with Crippen LogP contribution in [0, 0.1) is 0 Å². The van der Waals surface area contributed by atoms with Crippen molar-refractivity contribution >= 4 is 23.0 Å². The van der Waals surface area contributed by atoms with Gasteiger partial charge in [0.05, 0.1) is 6.61 Å². The Hall–Kier alpha value is -1.07. The smallest absolute Gasteiger partial charge is 0.327 e. The highest BCUT2D eigenvalue weighted by molar-refractivity contribution is 7.08. The van der Waals surface area contributed by atoms with Crippen molar-refractivity contribution in [2.75, 3.05) is 12.3 Å². The first-order valence-electron chi connectivity index (χ1n) is 3.90. The number of esters is 1. The molecule has 1 aromatic heterocycles. The van der Waals surface area contributed by atoms with Crippen molar-refractivity contribution in [2.24, 2.45) is 5.73 Å². The van der Waals surface area contributed by atoms with Gasteiger partial charge < -0.3 is 16.2 Å². The summed E-state index contributed by atoms with van der Waals surface area (Å²) in [5, 5.41) is 3.51. The number of thiophene rings is 1. The summed E-state index contributed by atoms with van der Waals surface area (Å²) in [6.45, 7) is 2.07. The fourth-order valence-electron chi connectivity index (χ4n) is 0.929. The molecule has 1 aromatic rings. The van der Waals surface area contributed by atoms with E-state index in [-0.39, 0.29) is 0 Å². The number of carbonyl (C=O) groups is 1.